The van der Waals surface area contributed by atoms with Crippen LogP contribution in [-0.2, 0) is 22.9 Å². The number of anilines is 1. The summed E-state index contributed by atoms with van der Waals surface area (Å²) in [6.45, 7) is 1.79. The summed E-state index contributed by atoms with van der Waals surface area (Å²) >= 11 is 4.77. The summed E-state index contributed by atoms with van der Waals surface area (Å²) < 4.78 is 28.4. The van der Waals surface area contributed by atoms with Gasteiger partial charge < -0.3 is 0 Å². The van der Waals surface area contributed by atoms with Crippen LogP contribution < -0.4 is 4.72 Å². The van der Waals surface area contributed by atoms with Gasteiger partial charge in [0, 0.05) is 9.35 Å². The number of aryl methyl sites for hydroxylation is 3. The van der Waals surface area contributed by atoms with Gasteiger partial charge in [0.25, 0.3) is 10.0 Å². The van der Waals surface area contributed by atoms with Crippen LogP contribution in [0.4, 0.5) is 5.13 Å². The molecule has 0 bridgehead atoms. The minimum absolute atomic E-state index is 0.282. The Morgan fingerprint density at radius 2 is 2.05 bits per heavy atom. The van der Waals surface area contributed by atoms with Crippen molar-refractivity contribution in [3.63, 3.8) is 0 Å². The molecule has 0 amide bonds. The second-order valence-corrected chi connectivity index (χ2v) is 8.76. The molecule has 21 heavy (non-hydrogen) atoms. The SMILES string of the molecule is Cc1ccc(Br)cc1S(=O)(=O)Nc1nc2c(s1)CCCC2. The van der Waals surface area contributed by atoms with Gasteiger partial charge >= 0.3 is 0 Å². The summed E-state index contributed by atoms with van der Waals surface area (Å²) in [7, 11) is -3.60. The van der Waals surface area contributed by atoms with E-state index in [1.54, 1.807) is 19.1 Å². The fraction of sp³-hybridized carbons (Fsp3) is 0.357. The fourth-order valence-corrected chi connectivity index (χ4v) is 5.50. The van der Waals surface area contributed by atoms with Gasteiger partial charge in [-0.05, 0) is 50.3 Å². The molecule has 1 aromatic carbocycles. The summed E-state index contributed by atoms with van der Waals surface area (Å²) in [6.07, 6.45) is 4.24. The summed E-state index contributed by atoms with van der Waals surface area (Å²) in [4.78, 5) is 5.93. The fourth-order valence-electron chi connectivity index (χ4n) is 2.43. The highest BCUT2D eigenvalue weighted by Crippen LogP contribution is 2.31. The standard InChI is InChI=1S/C14H15BrN2O2S2/c1-9-6-7-10(15)8-13(9)21(18,19)17-14-16-11-4-2-3-5-12(11)20-14/h6-8H,2-5H2,1H3,(H,16,17). The molecule has 0 saturated heterocycles. The molecule has 0 unspecified atom stereocenters. The van der Waals surface area contributed by atoms with Crippen molar-refractivity contribution in [3.8, 4) is 0 Å². The molecule has 3 rings (SSSR count). The number of rotatable bonds is 3. The largest absolute Gasteiger partial charge is 0.263 e. The highest BCUT2D eigenvalue weighted by molar-refractivity contribution is 9.10. The number of sulfonamides is 1. The minimum Gasteiger partial charge on any atom is -0.255 e. The molecule has 0 aliphatic heterocycles. The third-order valence-corrected chi connectivity index (χ3v) is 6.68. The molecule has 0 fully saturated rings. The van der Waals surface area contributed by atoms with E-state index in [1.807, 2.05) is 6.07 Å². The Morgan fingerprint density at radius 3 is 2.81 bits per heavy atom. The number of fused-ring (bicyclic) bond motifs is 1. The molecule has 1 aliphatic carbocycles. The van der Waals surface area contributed by atoms with E-state index in [4.69, 9.17) is 0 Å². The maximum Gasteiger partial charge on any atom is 0.263 e. The van der Waals surface area contributed by atoms with Crippen LogP contribution in [0.15, 0.2) is 27.6 Å². The Morgan fingerprint density at radius 1 is 1.29 bits per heavy atom. The molecular formula is C14H15BrN2O2S2. The van der Waals surface area contributed by atoms with Crippen molar-refractivity contribution >= 4 is 42.4 Å². The number of benzene rings is 1. The molecule has 0 radical (unpaired) electrons. The highest BCUT2D eigenvalue weighted by Gasteiger charge is 2.21. The highest BCUT2D eigenvalue weighted by atomic mass is 79.9. The van der Waals surface area contributed by atoms with Crippen molar-refractivity contribution in [1.82, 2.24) is 4.98 Å². The number of aromatic nitrogens is 1. The van der Waals surface area contributed by atoms with Crippen molar-refractivity contribution in [3.05, 3.63) is 38.8 Å². The van der Waals surface area contributed by atoms with Crippen molar-refractivity contribution in [2.75, 3.05) is 4.72 Å². The van der Waals surface area contributed by atoms with Gasteiger partial charge in [0.05, 0.1) is 10.6 Å². The van der Waals surface area contributed by atoms with Gasteiger partial charge in [-0.25, -0.2) is 13.4 Å². The Balaban J connectivity index is 1.92. The van der Waals surface area contributed by atoms with Gasteiger partial charge in [-0.3, -0.25) is 4.72 Å². The molecule has 0 atom stereocenters. The van der Waals surface area contributed by atoms with E-state index < -0.39 is 10.0 Å². The van der Waals surface area contributed by atoms with Crippen LogP contribution in [0.2, 0.25) is 0 Å². The summed E-state index contributed by atoms with van der Waals surface area (Å²) in [6, 6.07) is 5.23. The van der Waals surface area contributed by atoms with Crippen LogP contribution in [0, 0.1) is 6.92 Å². The first-order valence-corrected chi connectivity index (χ1v) is 9.82. The summed E-state index contributed by atoms with van der Waals surface area (Å²) in [5.74, 6) is 0. The molecule has 4 nitrogen and oxygen atoms in total. The predicted molar refractivity (Wildman–Crippen MR) is 88.4 cm³/mol. The molecular weight excluding hydrogens is 372 g/mol. The van der Waals surface area contributed by atoms with Crippen molar-refractivity contribution in [2.24, 2.45) is 0 Å². The first kappa shape index (κ1) is 15.0. The van der Waals surface area contributed by atoms with E-state index in [0.29, 0.717) is 10.7 Å². The molecule has 1 aromatic heterocycles. The van der Waals surface area contributed by atoms with Gasteiger partial charge in [-0.15, -0.1) is 11.3 Å². The number of nitrogens with one attached hydrogen (secondary N) is 1. The van der Waals surface area contributed by atoms with Crippen molar-refractivity contribution in [1.29, 1.82) is 0 Å². The van der Waals surface area contributed by atoms with Gasteiger partial charge in [0.2, 0.25) is 0 Å². The van der Waals surface area contributed by atoms with E-state index in [0.717, 1.165) is 35.8 Å². The molecule has 0 spiro atoms. The monoisotopic (exact) mass is 386 g/mol. The van der Waals surface area contributed by atoms with Gasteiger partial charge in [-0.2, -0.15) is 0 Å². The summed E-state index contributed by atoms with van der Waals surface area (Å²) in [5.41, 5.74) is 1.77. The van der Waals surface area contributed by atoms with E-state index in [1.165, 1.54) is 16.2 Å². The quantitative estimate of drug-likeness (QED) is 0.869. The average Bonchev–Trinajstić information content (AvgIpc) is 2.82. The first-order chi connectivity index (χ1) is 9.95. The number of halogens is 1. The lowest BCUT2D eigenvalue weighted by molar-refractivity contribution is 0.600. The molecule has 7 heteroatoms. The van der Waals surface area contributed by atoms with Crippen LogP contribution in [0.25, 0.3) is 0 Å². The molecule has 1 aliphatic rings. The normalized spacial score (nSPS) is 14.8. The van der Waals surface area contributed by atoms with Crippen LogP contribution >= 0.6 is 27.3 Å². The maximum absolute atomic E-state index is 12.5. The molecule has 112 valence electrons. The van der Waals surface area contributed by atoms with Gasteiger partial charge in [0.1, 0.15) is 0 Å². The van der Waals surface area contributed by atoms with E-state index >= 15 is 0 Å². The zero-order valence-corrected chi connectivity index (χ0v) is 14.7. The second-order valence-electron chi connectivity index (χ2n) is 5.11. The Kier molecular flexibility index (Phi) is 4.07. The lowest BCUT2D eigenvalue weighted by Crippen LogP contribution is -2.14. The lowest BCUT2D eigenvalue weighted by Gasteiger charge is -2.08. The molecule has 2 aromatic rings. The van der Waals surface area contributed by atoms with Crippen molar-refractivity contribution in [2.45, 2.75) is 37.5 Å². The van der Waals surface area contributed by atoms with Crippen LogP contribution in [0.5, 0.6) is 0 Å². The Bertz CT molecular complexity index is 761. The zero-order chi connectivity index (χ0) is 15.0. The zero-order valence-electron chi connectivity index (χ0n) is 11.5. The first-order valence-electron chi connectivity index (χ1n) is 6.73. The Hall–Kier alpha value is -0.920. The number of hydrogen-bond acceptors (Lipinski definition) is 4. The van der Waals surface area contributed by atoms with E-state index in [9.17, 15) is 8.42 Å². The minimum atomic E-state index is -3.60. The topological polar surface area (TPSA) is 59.1 Å². The average molecular weight is 387 g/mol. The van der Waals surface area contributed by atoms with Gasteiger partial charge in [0.15, 0.2) is 5.13 Å². The third-order valence-electron chi connectivity index (χ3n) is 3.51. The molecule has 1 N–H and O–H groups in total. The lowest BCUT2D eigenvalue weighted by atomic mass is 10.0. The third kappa shape index (κ3) is 3.14. The second kappa shape index (κ2) is 5.70. The number of thiazole rings is 1. The smallest absolute Gasteiger partial charge is 0.255 e. The number of hydrogen-bond donors (Lipinski definition) is 1. The van der Waals surface area contributed by atoms with Crippen LogP contribution in [0.1, 0.15) is 29.0 Å². The van der Waals surface area contributed by atoms with E-state index in [-0.39, 0.29) is 4.90 Å². The predicted octanol–water partition coefficient (Wildman–Crippen LogP) is 3.89. The maximum atomic E-state index is 12.5. The van der Waals surface area contributed by atoms with Crippen LogP contribution in [-0.4, -0.2) is 13.4 Å². The van der Waals surface area contributed by atoms with Gasteiger partial charge in [-0.1, -0.05) is 22.0 Å². The van der Waals surface area contributed by atoms with Crippen molar-refractivity contribution < 1.29 is 8.42 Å². The molecule has 0 saturated carbocycles. The number of nitrogens with zero attached hydrogens (tertiary/aromatic N) is 1. The summed E-state index contributed by atoms with van der Waals surface area (Å²) in [5, 5.41) is 0.473. The van der Waals surface area contributed by atoms with E-state index in [2.05, 4.69) is 25.6 Å². The molecule has 1 heterocycles. The van der Waals surface area contributed by atoms with Crippen LogP contribution in [0.3, 0.4) is 0 Å². The Labute approximate surface area is 136 Å².